The van der Waals surface area contributed by atoms with Crippen LogP contribution in [0.3, 0.4) is 0 Å². The fourth-order valence-corrected chi connectivity index (χ4v) is 4.70. The van der Waals surface area contributed by atoms with Gasteiger partial charge in [0.25, 0.3) is 11.8 Å². The average Bonchev–Trinajstić information content (AvgIpc) is 2.74. The molecule has 0 bridgehead atoms. The molecule has 176 valence electrons. The van der Waals surface area contributed by atoms with Crippen molar-refractivity contribution < 1.29 is 18.8 Å². The Bertz CT molecular complexity index is 1280. The molecule has 4 amide bonds. The molecule has 2 aromatic rings. The Morgan fingerprint density at radius 3 is 2.56 bits per heavy atom. The molecule has 0 saturated carbocycles. The van der Waals surface area contributed by atoms with Crippen molar-refractivity contribution in [1.82, 2.24) is 5.32 Å². The quantitative estimate of drug-likeness (QED) is 0.458. The summed E-state index contributed by atoms with van der Waals surface area (Å²) >= 11 is 6.00. The zero-order chi connectivity index (χ0) is 24.8. The summed E-state index contributed by atoms with van der Waals surface area (Å²) in [5, 5.41) is 2.47. The van der Waals surface area contributed by atoms with Crippen LogP contribution < -0.4 is 15.1 Å². The van der Waals surface area contributed by atoms with E-state index < -0.39 is 23.7 Å². The van der Waals surface area contributed by atoms with E-state index in [4.69, 9.17) is 11.6 Å². The van der Waals surface area contributed by atoms with Crippen LogP contribution >= 0.6 is 11.6 Å². The van der Waals surface area contributed by atoms with Gasteiger partial charge in [-0.15, -0.1) is 0 Å². The molecule has 2 heterocycles. The van der Waals surface area contributed by atoms with Gasteiger partial charge in [-0.1, -0.05) is 30.7 Å². The molecular weight excluding hydrogens is 457 g/mol. The summed E-state index contributed by atoms with van der Waals surface area (Å²) in [5.74, 6) is -2.30. The number of carbonyl (C=O) groups excluding carboxylic acids is 3. The highest BCUT2D eigenvalue weighted by atomic mass is 35.5. The number of nitrogens with one attached hydrogen (secondary N) is 1. The van der Waals surface area contributed by atoms with Gasteiger partial charge in [0, 0.05) is 28.4 Å². The number of rotatable bonds is 4. The van der Waals surface area contributed by atoms with E-state index >= 15 is 4.39 Å². The van der Waals surface area contributed by atoms with Crippen molar-refractivity contribution in [3.8, 4) is 0 Å². The molecule has 2 aromatic carbocycles. The maximum atomic E-state index is 15.3. The number of fused-ring (bicyclic) bond motifs is 1. The minimum atomic E-state index is -0.892. The van der Waals surface area contributed by atoms with Crippen molar-refractivity contribution in [2.45, 2.75) is 39.7 Å². The number of benzene rings is 2. The maximum Gasteiger partial charge on any atom is 0.335 e. The molecule has 2 aliphatic rings. The summed E-state index contributed by atoms with van der Waals surface area (Å²) in [5.41, 5.74) is 2.23. The number of urea groups is 1. The summed E-state index contributed by atoms with van der Waals surface area (Å²) in [6, 6.07) is 8.33. The topological polar surface area (TPSA) is 69.7 Å². The van der Waals surface area contributed by atoms with E-state index in [1.165, 1.54) is 24.3 Å². The van der Waals surface area contributed by atoms with Crippen molar-refractivity contribution >= 4 is 52.5 Å². The molecule has 8 heteroatoms. The third-order valence-corrected chi connectivity index (χ3v) is 6.25. The number of anilines is 2. The predicted octanol–water partition coefficient (Wildman–Crippen LogP) is 5.56. The minimum absolute atomic E-state index is 0.0848. The molecule has 6 nitrogen and oxygen atoms in total. The van der Waals surface area contributed by atoms with Crippen molar-refractivity contribution in [2.24, 2.45) is 0 Å². The number of carbonyl (C=O) groups is 3. The Balaban J connectivity index is 1.79. The van der Waals surface area contributed by atoms with Crippen LogP contribution in [0.4, 0.5) is 20.6 Å². The lowest BCUT2D eigenvalue weighted by Gasteiger charge is -2.43. The Labute approximate surface area is 202 Å². The fourth-order valence-electron chi connectivity index (χ4n) is 4.52. The third-order valence-electron chi connectivity index (χ3n) is 6.01. The van der Waals surface area contributed by atoms with E-state index in [0.29, 0.717) is 5.02 Å². The average molecular weight is 482 g/mol. The summed E-state index contributed by atoms with van der Waals surface area (Å²) in [6.07, 6.45) is 4.21. The zero-order valence-electron chi connectivity index (χ0n) is 19.4. The lowest BCUT2D eigenvalue weighted by atomic mass is 9.87. The van der Waals surface area contributed by atoms with Crippen LogP contribution in [0.1, 0.15) is 45.2 Å². The Hall–Kier alpha value is -3.45. The molecular formula is C26H25ClFN3O3. The van der Waals surface area contributed by atoms with Gasteiger partial charge in [-0.25, -0.2) is 14.1 Å². The molecule has 0 unspecified atom stereocenters. The maximum absolute atomic E-state index is 15.3. The molecule has 0 aromatic heterocycles. The zero-order valence-corrected chi connectivity index (χ0v) is 20.2. The lowest BCUT2D eigenvalue weighted by molar-refractivity contribution is -0.122. The SMILES string of the molecule is CCCN1c2cc(F)c(/C=C3/C(=O)NC(=O)N(c4cccc(Cl)c4)C3=O)cc2C(C)=CC1(C)C. The van der Waals surface area contributed by atoms with Gasteiger partial charge in [0.15, 0.2) is 0 Å². The highest BCUT2D eigenvalue weighted by Crippen LogP contribution is 2.40. The summed E-state index contributed by atoms with van der Waals surface area (Å²) in [4.78, 5) is 41.0. The first-order valence-corrected chi connectivity index (χ1v) is 11.4. The number of hydrogen-bond acceptors (Lipinski definition) is 4. The first kappa shape index (κ1) is 23.7. The van der Waals surface area contributed by atoms with Gasteiger partial charge in [0.1, 0.15) is 11.4 Å². The minimum Gasteiger partial charge on any atom is -0.362 e. The number of halogens is 2. The molecule has 34 heavy (non-hydrogen) atoms. The standard InChI is InChI=1S/C26H25ClFN3O3/c1-5-9-30-22-13-21(28)16(10-19(22)15(2)14-26(30,3)4)11-20-23(32)29-25(34)31(24(20)33)18-8-6-7-17(27)12-18/h6-8,10-14H,5,9H2,1-4H3,(H,29,32,34)/b20-11-. The van der Waals surface area contributed by atoms with Gasteiger partial charge in [0.05, 0.1) is 11.2 Å². The van der Waals surface area contributed by atoms with Gasteiger partial charge >= 0.3 is 6.03 Å². The Kier molecular flexibility index (Phi) is 6.08. The normalized spacial score (nSPS) is 18.7. The fraction of sp³-hybridized carbons (Fsp3) is 0.269. The monoisotopic (exact) mass is 481 g/mol. The van der Waals surface area contributed by atoms with E-state index in [9.17, 15) is 14.4 Å². The van der Waals surface area contributed by atoms with Crippen molar-refractivity contribution in [1.29, 1.82) is 0 Å². The van der Waals surface area contributed by atoms with E-state index in [1.807, 2.05) is 6.92 Å². The molecule has 2 aliphatic heterocycles. The second-order valence-corrected chi connectivity index (χ2v) is 9.40. The van der Waals surface area contributed by atoms with Crippen LogP contribution in [0.2, 0.25) is 5.02 Å². The Morgan fingerprint density at radius 2 is 1.88 bits per heavy atom. The molecule has 4 rings (SSSR count). The summed E-state index contributed by atoms with van der Waals surface area (Å²) in [6.45, 7) is 8.93. The summed E-state index contributed by atoms with van der Waals surface area (Å²) in [7, 11) is 0. The number of hydrogen-bond donors (Lipinski definition) is 1. The first-order valence-electron chi connectivity index (χ1n) is 11.0. The van der Waals surface area contributed by atoms with Gasteiger partial charge in [-0.3, -0.25) is 14.9 Å². The van der Waals surface area contributed by atoms with Gasteiger partial charge in [-0.05, 0) is 69.2 Å². The molecule has 1 fully saturated rings. The van der Waals surface area contributed by atoms with E-state index in [-0.39, 0.29) is 22.4 Å². The lowest BCUT2D eigenvalue weighted by Crippen LogP contribution is -2.54. The second kappa shape index (κ2) is 8.72. The summed E-state index contributed by atoms with van der Waals surface area (Å²) < 4.78 is 15.3. The number of amides is 4. The molecule has 1 saturated heterocycles. The van der Waals surface area contributed by atoms with Crippen LogP contribution in [0, 0.1) is 5.82 Å². The molecule has 0 spiro atoms. The van der Waals surface area contributed by atoms with Crippen molar-refractivity contribution in [3.63, 3.8) is 0 Å². The molecule has 0 aliphatic carbocycles. The van der Waals surface area contributed by atoms with Crippen LogP contribution in [-0.2, 0) is 9.59 Å². The van der Waals surface area contributed by atoms with Crippen LogP contribution in [0.15, 0.2) is 48.0 Å². The number of imide groups is 2. The third kappa shape index (κ3) is 4.12. The van der Waals surface area contributed by atoms with E-state index in [1.54, 1.807) is 18.2 Å². The van der Waals surface area contributed by atoms with Crippen LogP contribution in [0.25, 0.3) is 11.6 Å². The number of barbiturate groups is 1. The highest BCUT2D eigenvalue weighted by molar-refractivity contribution is 6.39. The highest BCUT2D eigenvalue weighted by Gasteiger charge is 2.37. The first-order chi connectivity index (χ1) is 16.0. The number of allylic oxidation sites excluding steroid dienone is 1. The smallest absolute Gasteiger partial charge is 0.335 e. The van der Waals surface area contributed by atoms with Crippen molar-refractivity contribution in [3.05, 3.63) is 70.0 Å². The largest absolute Gasteiger partial charge is 0.362 e. The van der Waals surface area contributed by atoms with Gasteiger partial charge in [-0.2, -0.15) is 0 Å². The van der Waals surface area contributed by atoms with Crippen LogP contribution in [0.5, 0.6) is 0 Å². The van der Waals surface area contributed by atoms with Gasteiger partial charge in [0.2, 0.25) is 0 Å². The molecule has 0 atom stereocenters. The predicted molar refractivity (Wildman–Crippen MR) is 132 cm³/mol. The second-order valence-electron chi connectivity index (χ2n) is 8.96. The van der Waals surface area contributed by atoms with E-state index in [2.05, 4.69) is 37.1 Å². The van der Waals surface area contributed by atoms with E-state index in [0.717, 1.165) is 34.7 Å². The van der Waals surface area contributed by atoms with Crippen molar-refractivity contribution in [2.75, 3.05) is 16.3 Å². The number of nitrogens with zero attached hydrogens (tertiary/aromatic N) is 2. The molecule has 0 radical (unpaired) electrons. The van der Waals surface area contributed by atoms with Crippen LogP contribution in [-0.4, -0.2) is 29.9 Å². The molecule has 1 N–H and O–H groups in total. The van der Waals surface area contributed by atoms with Gasteiger partial charge < -0.3 is 4.90 Å². The Morgan fingerprint density at radius 1 is 1.15 bits per heavy atom.